The smallest absolute Gasteiger partial charge is 0.288 e. The number of hydrogen-bond acceptors (Lipinski definition) is 4. The number of halogens is 1. The summed E-state index contributed by atoms with van der Waals surface area (Å²) in [6.45, 7) is 3.96. The van der Waals surface area contributed by atoms with Gasteiger partial charge in [0.05, 0.1) is 4.92 Å². The van der Waals surface area contributed by atoms with Crippen molar-refractivity contribution in [2.24, 2.45) is 5.92 Å². The number of likely N-dealkylation sites (tertiary alicyclic amines) is 1. The molecule has 0 aromatic heterocycles. The molecule has 2 fully saturated rings. The number of benzene rings is 1. The molecule has 2 aliphatic rings. The van der Waals surface area contributed by atoms with E-state index in [2.05, 4.69) is 10.2 Å². The fourth-order valence-electron chi connectivity index (χ4n) is 3.39. The number of nitro groups is 1. The van der Waals surface area contributed by atoms with E-state index in [9.17, 15) is 10.1 Å². The van der Waals surface area contributed by atoms with Gasteiger partial charge in [0.2, 0.25) is 0 Å². The molecule has 0 radical (unpaired) electrons. The third kappa shape index (κ3) is 2.66. The standard InChI is InChI=1S/C14H18ClN3O2/c15-12-4-3-10(6-13(12)18(19)20)9-17-5-1-2-11-7-16-8-14(11)17/h3-4,6,11,14,16H,1-2,5,7-9H2. The lowest BCUT2D eigenvalue weighted by atomic mass is 9.91. The third-order valence-corrected chi connectivity index (χ3v) is 4.71. The molecule has 2 saturated heterocycles. The molecule has 108 valence electrons. The molecule has 1 aromatic rings. The Morgan fingerprint density at radius 3 is 3.10 bits per heavy atom. The van der Waals surface area contributed by atoms with E-state index in [1.54, 1.807) is 12.1 Å². The number of nitrogens with one attached hydrogen (secondary N) is 1. The van der Waals surface area contributed by atoms with Gasteiger partial charge in [-0.05, 0) is 43.5 Å². The summed E-state index contributed by atoms with van der Waals surface area (Å²) in [6, 6.07) is 5.69. The van der Waals surface area contributed by atoms with Crippen molar-refractivity contribution in [1.82, 2.24) is 10.2 Å². The first-order chi connectivity index (χ1) is 9.65. The van der Waals surface area contributed by atoms with Gasteiger partial charge in [-0.2, -0.15) is 0 Å². The Kier molecular flexibility index (Phi) is 3.92. The van der Waals surface area contributed by atoms with Crippen molar-refractivity contribution in [3.05, 3.63) is 38.9 Å². The van der Waals surface area contributed by atoms with Crippen LogP contribution in [-0.2, 0) is 6.54 Å². The predicted octanol–water partition coefficient (Wildman–Crippen LogP) is 2.43. The molecular weight excluding hydrogens is 278 g/mol. The van der Waals surface area contributed by atoms with Gasteiger partial charge in [0.25, 0.3) is 5.69 Å². The lowest BCUT2D eigenvalue weighted by Gasteiger charge is -2.37. The lowest BCUT2D eigenvalue weighted by molar-refractivity contribution is -0.384. The molecule has 1 N–H and O–H groups in total. The summed E-state index contributed by atoms with van der Waals surface area (Å²) in [7, 11) is 0. The summed E-state index contributed by atoms with van der Waals surface area (Å²) in [5, 5.41) is 14.6. The van der Waals surface area contributed by atoms with E-state index >= 15 is 0 Å². The minimum atomic E-state index is -0.415. The van der Waals surface area contributed by atoms with Crippen LogP contribution in [-0.4, -0.2) is 35.5 Å². The Labute approximate surface area is 123 Å². The number of fused-ring (bicyclic) bond motifs is 1. The Bertz CT molecular complexity index is 523. The van der Waals surface area contributed by atoms with Crippen LogP contribution in [0.1, 0.15) is 18.4 Å². The molecule has 0 spiro atoms. The second-order valence-corrected chi connectivity index (χ2v) is 6.05. The molecule has 3 rings (SSSR count). The quantitative estimate of drug-likeness (QED) is 0.687. The summed E-state index contributed by atoms with van der Waals surface area (Å²) in [5.74, 6) is 0.728. The summed E-state index contributed by atoms with van der Waals surface area (Å²) in [4.78, 5) is 13.0. The zero-order chi connectivity index (χ0) is 14.1. The van der Waals surface area contributed by atoms with Crippen LogP contribution in [0.25, 0.3) is 0 Å². The van der Waals surface area contributed by atoms with Crippen LogP contribution in [0.15, 0.2) is 18.2 Å². The van der Waals surface area contributed by atoms with E-state index in [1.807, 2.05) is 6.07 Å². The van der Waals surface area contributed by atoms with E-state index in [0.717, 1.165) is 37.7 Å². The Balaban J connectivity index is 1.77. The highest BCUT2D eigenvalue weighted by atomic mass is 35.5. The SMILES string of the molecule is O=[N+]([O-])c1cc(CN2CCCC3CNCC32)ccc1Cl. The Morgan fingerprint density at radius 2 is 2.30 bits per heavy atom. The first kappa shape index (κ1) is 13.8. The normalized spacial score (nSPS) is 26.4. The zero-order valence-corrected chi connectivity index (χ0v) is 12.0. The van der Waals surface area contributed by atoms with Crippen molar-refractivity contribution < 1.29 is 4.92 Å². The van der Waals surface area contributed by atoms with Gasteiger partial charge in [-0.3, -0.25) is 15.0 Å². The summed E-state index contributed by atoms with van der Waals surface area (Å²) in [5.41, 5.74) is 0.968. The molecule has 6 heteroatoms. The predicted molar refractivity (Wildman–Crippen MR) is 77.9 cm³/mol. The van der Waals surface area contributed by atoms with Crippen molar-refractivity contribution in [2.75, 3.05) is 19.6 Å². The van der Waals surface area contributed by atoms with Gasteiger partial charge in [-0.15, -0.1) is 0 Å². The van der Waals surface area contributed by atoms with Gasteiger partial charge < -0.3 is 5.32 Å². The second kappa shape index (κ2) is 5.68. The van der Waals surface area contributed by atoms with E-state index in [4.69, 9.17) is 11.6 Å². The van der Waals surface area contributed by atoms with Crippen LogP contribution < -0.4 is 5.32 Å². The molecular formula is C14H18ClN3O2. The molecule has 2 heterocycles. The average Bonchev–Trinajstić information content (AvgIpc) is 2.90. The van der Waals surface area contributed by atoms with Gasteiger partial charge in [-0.1, -0.05) is 17.7 Å². The highest BCUT2D eigenvalue weighted by Gasteiger charge is 2.34. The van der Waals surface area contributed by atoms with Crippen molar-refractivity contribution in [3.8, 4) is 0 Å². The molecule has 1 aromatic carbocycles. The van der Waals surface area contributed by atoms with Crippen LogP contribution in [0.3, 0.4) is 0 Å². The highest BCUT2D eigenvalue weighted by molar-refractivity contribution is 6.32. The maximum atomic E-state index is 10.9. The first-order valence-electron chi connectivity index (χ1n) is 7.03. The number of nitro benzene ring substituents is 1. The van der Waals surface area contributed by atoms with Gasteiger partial charge in [-0.25, -0.2) is 0 Å². The van der Waals surface area contributed by atoms with Crippen molar-refractivity contribution >= 4 is 17.3 Å². The molecule has 20 heavy (non-hydrogen) atoms. The molecule has 2 atom stereocenters. The fourth-order valence-corrected chi connectivity index (χ4v) is 3.58. The summed E-state index contributed by atoms with van der Waals surface area (Å²) >= 11 is 5.86. The number of hydrogen-bond donors (Lipinski definition) is 1. The molecule has 2 unspecified atom stereocenters. The van der Waals surface area contributed by atoms with Crippen LogP contribution >= 0.6 is 11.6 Å². The minimum absolute atomic E-state index is 0.00210. The Hall–Kier alpha value is -1.17. The molecule has 0 aliphatic carbocycles. The number of nitrogens with zero attached hydrogens (tertiary/aromatic N) is 2. The van der Waals surface area contributed by atoms with E-state index in [1.165, 1.54) is 12.8 Å². The molecule has 2 aliphatic heterocycles. The monoisotopic (exact) mass is 295 g/mol. The molecule has 5 nitrogen and oxygen atoms in total. The van der Waals surface area contributed by atoms with Gasteiger partial charge in [0, 0.05) is 25.2 Å². The summed E-state index contributed by atoms with van der Waals surface area (Å²) in [6.07, 6.45) is 2.49. The lowest BCUT2D eigenvalue weighted by Crippen LogP contribution is -2.44. The molecule has 0 saturated carbocycles. The number of piperidine rings is 1. The first-order valence-corrected chi connectivity index (χ1v) is 7.40. The van der Waals surface area contributed by atoms with Gasteiger partial charge in [0.15, 0.2) is 0 Å². The van der Waals surface area contributed by atoms with Crippen LogP contribution in [0.4, 0.5) is 5.69 Å². The zero-order valence-electron chi connectivity index (χ0n) is 11.2. The number of rotatable bonds is 3. The second-order valence-electron chi connectivity index (χ2n) is 5.64. The van der Waals surface area contributed by atoms with Crippen LogP contribution in [0.2, 0.25) is 5.02 Å². The third-order valence-electron chi connectivity index (χ3n) is 4.39. The van der Waals surface area contributed by atoms with E-state index in [-0.39, 0.29) is 10.7 Å². The molecule has 0 bridgehead atoms. The van der Waals surface area contributed by atoms with E-state index in [0.29, 0.717) is 6.04 Å². The van der Waals surface area contributed by atoms with Crippen molar-refractivity contribution in [2.45, 2.75) is 25.4 Å². The van der Waals surface area contributed by atoms with Crippen LogP contribution in [0, 0.1) is 16.0 Å². The maximum Gasteiger partial charge on any atom is 0.288 e. The van der Waals surface area contributed by atoms with Gasteiger partial charge >= 0.3 is 0 Å². The Morgan fingerprint density at radius 1 is 1.45 bits per heavy atom. The van der Waals surface area contributed by atoms with Crippen LogP contribution in [0.5, 0.6) is 0 Å². The largest absolute Gasteiger partial charge is 0.315 e. The van der Waals surface area contributed by atoms with Crippen molar-refractivity contribution in [3.63, 3.8) is 0 Å². The van der Waals surface area contributed by atoms with Crippen molar-refractivity contribution in [1.29, 1.82) is 0 Å². The average molecular weight is 296 g/mol. The fraction of sp³-hybridized carbons (Fsp3) is 0.571. The maximum absolute atomic E-state index is 10.9. The molecule has 0 amide bonds. The highest BCUT2D eigenvalue weighted by Crippen LogP contribution is 2.30. The topological polar surface area (TPSA) is 58.4 Å². The summed E-state index contributed by atoms with van der Waals surface area (Å²) < 4.78 is 0. The minimum Gasteiger partial charge on any atom is -0.315 e. The van der Waals surface area contributed by atoms with E-state index < -0.39 is 4.92 Å². The van der Waals surface area contributed by atoms with Gasteiger partial charge in [0.1, 0.15) is 5.02 Å².